The molecule has 36 heavy (non-hydrogen) atoms. The van der Waals surface area contributed by atoms with Crippen LogP contribution in [0.2, 0.25) is 0 Å². The van der Waals surface area contributed by atoms with Crippen LogP contribution in [-0.2, 0) is 10.3 Å². The van der Waals surface area contributed by atoms with E-state index in [9.17, 15) is 9.90 Å². The zero-order valence-electron chi connectivity index (χ0n) is 21.5. The summed E-state index contributed by atoms with van der Waals surface area (Å²) in [6.07, 6.45) is 6.71. The van der Waals surface area contributed by atoms with Gasteiger partial charge in [-0.2, -0.15) is 0 Å². The third kappa shape index (κ3) is 6.93. The predicted octanol–water partition coefficient (Wildman–Crippen LogP) is 4.22. The van der Waals surface area contributed by atoms with Gasteiger partial charge in [-0.15, -0.1) is 0 Å². The van der Waals surface area contributed by atoms with E-state index in [1.54, 1.807) is 11.1 Å². The molecule has 3 aromatic rings. The summed E-state index contributed by atoms with van der Waals surface area (Å²) in [6.45, 7) is 8.43. The molecular formula is C27H35AsN4O3S. The third-order valence-electron chi connectivity index (χ3n) is 5.82. The van der Waals surface area contributed by atoms with Gasteiger partial charge in [0.2, 0.25) is 0 Å². The van der Waals surface area contributed by atoms with Crippen molar-refractivity contribution in [2.75, 3.05) is 13.1 Å². The maximum atomic E-state index is 12.4. The van der Waals surface area contributed by atoms with Crippen molar-refractivity contribution in [2.45, 2.75) is 71.0 Å². The van der Waals surface area contributed by atoms with Crippen molar-refractivity contribution in [3.63, 3.8) is 0 Å². The molecule has 0 radical (unpaired) electrons. The number of hydrogen-bond donors (Lipinski definition) is 1. The first kappa shape index (κ1) is 26.8. The van der Waals surface area contributed by atoms with Crippen LogP contribution in [-0.4, -0.2) is 66.6 Å². The monoisotopic (exact) mass is 570 g/mol. The van der Waals surface area contributed by atoms with Gasteiger partial charge in [-0.3, -0.25) is 0 Å². The second-order valence-electron chi connectivity index (χ2n) is 10.4. The number of likely N-dealkylation sites (tertiary alicyclic amines) is 1. The van der Waals surface area contributed by atoms with Gasteiger partial charge in [-0.05, 0) is 20.8 Å². The van der Waals surface area contributed by atoms with Crippen molar-refractivity contribution in [1.29, 1.82) is 0 Å². The molecule has 192 valence electrons. The number of aromatic nitrogens is 3. The average Bonchev–Trinajstić information content (AvgIpc) is 3.63. The molecule has 1 saturated heterocycles. The van der Waals surface area contributed by atoms with E-state index in [2.05, 4.69) is 16.0 Å². The molecule has 1 amide bonds. The van der Waals surface area contributed by atoms with Gasteiger partial charge in [0.25, 0.3) is 0 Å². The Morgan fingerprint density at radius 1 is 1.14 bits per heavy atom. The fraction of sp³-hybridized carbons (Fsp3) is 0.481. The number of carbonyl (C=O) groups is 1. The van der Waals surface area contributed by atoms with Crippen LogP contribution in [0.5, 0.6) is 0 Å². The number of piperidine rings is 1. The van der Waals surface area contributed by atoms with Crippen molar-refractivity contribution in [1.82, 2.24) is 19.9 Å². The van der Waals surface area contributed by atoms with Crippen LogP contribution in [0, 0.1) is 6.92 Å². The average molecular weight is 571 g/mol. The van der Waals surface area contributed by atoms with Crippen LogP contribution in [0.25, 0.3) is 21.8 Å². The molecule has 2 fully saturated rings. The number of aliphatic hydroxyl groups is 1. The number of rotatable bonds is 3. The first-order chi connectivity index (χ1) is 17.0. The van der Waals surface area contributed by atoms with E-state index < -0.39 is 11.2 Å². The van der Waals surface area contributed by atoms with Gasteiger partial charge in [-0.1, -0.05) is 19.3 Å². The van der Waals surface area contributed by atoms with E-state index in [0.717, 1.165) is 32.0 Å². The van der Waals surface area contributed by atoms with Gasteiger partial charge >= 0.3 is 181 Å². The molecule has 1 unspecified atom stereocenters. The summed E-state index contributed by atoms with van der Waals surface area (Å²) in [6, 6.07) is 10.1. The van der Waals surface area contributed by atoms with Crippen LogP contribution in [0.4, 0.5) is 4.79 Å². The van der Waals surface area contributed by atoms with Gasteiger partial charge in [-0.25, -0.2) is 0 Å². The van der Waals surface area contributed by atoms with Crippen LogP contribution in [0.3, 0.4) is 0 Å². The van der Waals surface area contributed by atoms with E-state index in [4.69, 9.17) is 9.72 Å². The maximum absolute atomic E-state index is 12.4. The van der Waals surface area contributed by atoms with Gasteiger partial charge in [0.1, 0.15) is 5.60 Å². The summed E-state index contributed by atoms with van der Waals surface area (Å²) >= 11 is 2.83. The number of benzene rings is 1. The number of nitrogens with zero attached hydrogens (tertiary/aromatic N) is 4. The molecule has 1 aliphatic heterocycles. The quantitative estimate of drug-likeness (QED) is 0.475. The number of hydrogen-bond acceptors (Lipinski definition) is 7. The van der Waals surface area contributed by atoms with Crippen LogP contribution in [0.1, 0.15) is 63.4 Å². The minimum atomic E-state index is -1.11. The Morgan fingerprint density at radius 2 is 1.83 bits per heavy atom. The zero-order chi connectivity index (χ0) is 25.9. The first-order valence-electron chi connectivity index (χ1n) is 12.4. The summed E-state index contributed by atoms with van der Waals surface area (Å²) < 4.78 is 6.24. The van der Waals surface area contributed by atoms with Crippen molar-refractivity contribution < 1.29 is 14.6 Å². The third-order valence-corrected chi connectivity index (χ3v) is 7.67. The molecule has 5 rings (SSSR count). The van der Waals surface area contributed by atoms with E-state index in [1.165, 1.54) is 47.5 Å². The number of amides is 1. The number of thiazole rings is 1. The van der Waals surface area contributed by atoms with Crippen molar-refractivity contribution in [3.8, 4) is 21.8 Å². The standard InChI is InChI=1S/C24H29AsN4O3S.C3H6/c1-15-6-5-7-16(14-15)18-19(17-8-11-26-21(25)27-17)33-20(28-18)24(31)9-12-29(13-10-24)22(30)32-23(2,3)4;1-2-3-1/h5-8,11,14,31H,9-10,12-13,25H2,1-4H3;1-3H2. The Balaban J connectivity index is 0.000000943. The molecule has 1 aromatic carbocycles. The molecule has 9 heteroatoms. The van der Waals surface area contributed by atoms with Gasteiger partial charge < -0.3 is 0 Å². The molecule has 1 atom stereocenters. The van der Waals surface area contributed by atoms with Crippen LogP contribution in [0.15, 0.2) is 36.5 Å². The molecule has 0 bridgehead atoms. The molecule has 0 spiro atoms. The van der Waals surface area contributed by atoms with Gasteiger partial charge in [0.15, 0.2) is 0 Å². The van der Waals surface area contributed by atoms with Crippen molar-refractivity contribution in [2.24, 2.45) is 0 Å². The predicted molar refractivity (Wildman–Crippen MR) is 146 cm³/mol. The molecule has 1 N–H and O–H groups in total. The molecular weight excluding hydrogens is 535 g/mol. The SMILES string of the molecule is C1CC1.Cc1cccc(-c2nc(C3(O)CCN(C(=O)OC(C)(C)C)CC3)sc2-c2ccnc([AsH2])n2)c1. The minimum absolute atomic E-state index is 0.344. The second kappa shape index (κ2) is 11.0. The Morgan fingerprint density at radius 3 is 2.42 bits per heavy atom. The summed E-state index contributed by atoms with van der Waals surface area (Å²) in [4.78, 5) is 28.8. The number of aryl methyl sites for hydroxylation is 1. The second-order valence-corrected chi connectivity index (χ2v) is 12.5. The Bertz CT molecular complexity index is 1150. The van der Waals surface area contributed by atoms with E-state index in [0.29, 0.717) is 30.9 Å². The van der Waals surface area contributed by atoms with Crippen molar-refractivity contribution >= 4 is 38.9 Å². The molecule has 2 aliphatic rings. The Kier molecular flexibility index (Phi) is 8.18. The van der Waals surface area contributed by atoms with Crippen LogP contribution >= 0.6 is 11.3 Å². The summed E-state index contributed by atoms with van der Waals surface area (Å²) in [5.41, 5.74) is 2.09. The van der Waals surface area contributed by atoms with Crippen LogP contribution < -0.4 is 4.61 Å². The summed E-state index contributed by atoms with van der Waals surface area (Å²) in [5, 5.41) is 12.2. The topological polar surface area (TPSA) is 88.4 Å². The fourth-order valence-electron chi connectivity index (χ4n) is 3.78. The molecule has 2 aromatic heterocycles. The van der Waals surface area contributed by atoms with Gasteiger partial charge in [0, 0.05) is 0 Å². The van der Waals surface area contributed by atoms with E-state index in [1.807, 2.05) is 52.0 Å². The number of ether oxygens (including phenoxy) is 1. The molecule has 1 saturated carbocycles. The summed E-state index contributed by atoms with van der Waals surface area (Å²) in [5.74, 6) is 0. The number of carbonyl (C=O) groups excluding carboxylic acids is 1. The normalized spacial score (nSPS) is 16.7. The van der Waals surface area contributed by atoms with Crippen molar-refractivity contribution in [3.05, 3.63) is 47.1 Å². The van der Waals surface area contributed by atoms with Gasteiger partial charge in [0.05, 0.1) is 0 Å². The fourth-order valence-corrected chi connectivity index (χ4v) is 5.46. The Hall–Kier alpha value is -2.28. The molecule has 1 aliphatic carbocycles. The summed E-state index contributed by atoms with van der Waals surface area (Å²) in [7, 11) is 0. The molecule has 3 heterocycles. The van der Waals surface area contributed by atoms with E-state index >= 15 is 0 Å². The zero-order valence-corrected chi connectivity index (χ0v) is 24.7. The molecule has 7 nitrogen and oxygen atoms in total. The first-order valence-corrected chi connectivity index (χ1v) is 14.4. The van der Waals surface area contributed by atoms with E-state index in [-0.39, 0.29) is 6.09 Å². The Labute approximate surface area is 225 Å².